The van der Waals surface area contributed by atoms with E-state index in [4.69, 9.17) is 8.92 Å². The molecule has 0 amide bonds. The van der Waals surface area contributed by atoms with Crippen LogP contribution in [0.1, 0.15) is 23.7 Å². The summed E-state index contributed by atoms with van der Waals surface area (Å²) in [5, 5.41) is 0. The van der Waals surface area contributed by atoms with Crippen LogP contribution in [0.2, 0.25) is 0 Å². The minimum absolute atomic E-state index is 0.00958. The van der Waals surface area contributed by atoms with Gasteiger partial charge in [-0.1, -0.05) is 0 Å². The molecule has 0 saturated heterocycles. The normalized spacial score (nSPS) is 19.4. The summed E-state index contributed by atoms with van der Waals surface area (Å²) in [5.74, 6) is 0.507. The Bertz CT molecular complexity index is 561. The Kier molecular flexibility index (Phi) is 2.82. The van der Waals surface area contributed by atoms with E-state index in [1.54, 1.807) is 6.92 Å². The molecule has 0 bridgehead atoms. The summed E-state index contributed by atoms with van der Waals surface area (Å²) in [5.41, 5.74) is 0.462. The predicted octanol–water partition coefficient (Wildman–Crippen LogP) is 1.38. The molecule has 0 saturated carbocycles. The van der Waals surface area contributed by atoms with Crippen molar-refractivity contribution in [2.45, 2.75) is 19.4 Å². The third-order valence-electron chi connectivity index (χ3n) is 2.30. The smallest absolute Gasteiger partial charge is 0.306 e. The first-order valence-corrected chi connectivity index (χ1v) is 6.90. The first-order chi connectivity index (χ1) is 7.85. The summed E-state index contributed by atoms with van der Waals surface area (Å²) in [7, 11) is -3.57. The summed E-state index contributed by atoms with van der Waals surface area (Å²) >= 11 is 0. The van der Waals surface area contributed by atoms with Crippen LogP contribution in [0.25, 0.3) is 0 Å². The van der Waals surface area contributed by atoms with Crippen molar-refractivity contribution < 1.29 is 22.1 Å². The second-order valence-corrected chi connectivity index (χ2v) is 5.58. The Labute approximate surface area is 99.5 Å². The lowest BCUT2D eigenvalue weighted by Crippen LogP contribution is -2.23. The molecule has 5 nitrogen and oxygen atoms in total. The van der Waals surface area contributed by atoms with Crippen LogP contribution >= 0.6 is 0 Å². The van der Waals surface area contributed by atoms with E-state index in [0.29, 0.717) is 17.7 Å². The summed E-state index contributed by atoms with van der Waals surface area (Å²) < 4.78 is 32.1. The average Bonchev–Trinajstić information content (AvgIpc) is 2.13. The van der Waals surface area contributed by atoms with Gasteiger partial charge in [0.05, 0.1) is 11.8 Å². The van der Waals surface area contributed by atoms with E-state index in [1.165, 1.54) is 18.2 Å². The second kappa shape index (κ2) is 4.03. The average molecular weight is 256 g/mol. The third-order valence-corrected chi connectivity index (χ3v) is 2.80. The van der Waals surface area contributed by atoms with Crippen LogP contribution in [-0.4, -0.2) is 26.6 Å². The van der Waals surface area contributed by atoms with Gasteiger partial charge in [-0.15, -0.1) is 0 Å². The predicted molar refractivity (Wildman–Crippen MR) is 61.0 cm³/mol. The van der Waals surface area contributed by atoms with Crippen LogP contribution in [-0.2, 0) is 10.1 Å². The fraction of sp³-hybridized carbons (Fsp3) is 0.364. The number of rotatable bonds is 2. The highest BCUT2D eigenvalue weighted by Crippen LogP contribution is 2.31. The number of hydrogen-bond acceptors (Lipinski definition) is 5. The zero-order chi connectivity index (χ0) is 12.6. The molecule has 17 heavy (non-hydrogen) atoms. The maximum absolute atomic E-state index is 11.7. The fourth-order valence-electron chi connectivity index (χ4n) is 1.69. The lowest BCUT2D eigenvalue weighted by molar-refractivity contribution is 0.0871. The molecule has 0 aliphatic carbocycles. The first-order valence-electron chi connectivity index (χ1n) is 5.08. The van der Waals surface area contributed by atoms with Crippen LogP contribution in [0.3, 0.4) is 0 Å². The van der Waals surface area contributed by atoms with Crippen molar-refractivity contribution in [3.63, 3.8) is 0 Å². The van der Waals surface area contributed by atoms with Crippen LogP contribution in [0, 0.1) is 0 Å². The molecule has 2 rings (SSSR count). The lowest BCUT2D eigenvalue weighted by Gasteiger charge is -2.22. The van der Waals surface area contributed by atoms with Gasteiger partial charge in [0.25, 0.3) is 0 Å². The molecule has 0 N–H and O–H groups in total. The van der Waals surface area contributed by atoms with Gasteiger partial charge < -0.3 is 8.92 Å². The van der Waals surface area contributed by atoms with Crippen LogP contribution in [0.5, 0.6) is 11.5 Å². The number of ketones is 1. The molecule has 1 aliphatic rings. The Balaban J connectivity index is 2.37. The molecule has 1 aromatic rings. The van der Waals surface area contributed by atoms with Gasteiger partial charge in [-0.25, -0.2) is 0 Å². The van der Waals surface area contributed by atoms with Crippen molar-refractivity contribution in [1.82, 2.24) is 0 Å². The molecule has 0 spiro atoms. The summed E-state index contributed by atoms with van der Waals surface area (Å²) in [4.78, 5) is 11.7. The van der Waals surface area contributed by atoms with E-state index in [1.807, 2.05) is 0 Å². The summed E-state index contributed by atoms with van der Waals surface area (Å²) in [6, 6.07) is 4.38. The van der Waals surface area contributed by atoms with Crippen LogP contribution in [0.4, 0.5) is 0 Å². The second-order valence-electron chi connectivity index (χ2n) is 4.00. The topological polar surface area (TPSA) is 69.7 Å². The van der Waals surface area contributed by atoms with Crippen molar-refractivity contribution in [3.05, 3.63) is 23.8 Å². The summed E-state index contributed by atoms with van der Waals surface area (Å²) in [6.07, 6.45) is 1.09. The van der Waals surface area contributed by atoms with Crippen LogP contribution in [0.15, 0.2) is 18.2 Å². The highest BCUT2D eigenvalue weighted by Gasteiger charge is 2.24. The minimum atomic E-state index is -3.57. The van der Waals surface area contributed by atoms with Crippen molar-refractivity contribution in [1.29, 1.82) is 0 Å². The zero-order valence-corrected chi connectivity index (χ0v) is 10.3. The SMILES string of the molecule is CC1CC(=O)c2ccc(OS(C)(=O)=O)cc2O1. The van der Waals surface area contributed by atoms with E-state index in [0.717, 1.165) is 6.26 Å². The number of Topliss-reactive ketones (excluding diaryl/α,β-unsaturated/α-hetero) is 1. The van der Waals surface area contributed by atoms with Gasteiger partial charge in [0.2, 0.25) is 0 Å². The fourth-order valence-corrected chi connectivity index (χ4v) is 2.14. The highest BCUT2D eigenvalue weighted by atomic mass is 32.2. The molecular weight excluding hydrogens is 244 g/mol. The van der Waals surface area contributed by atoms with Crippen molar-refractivity contribution >= 4 is 15.9 Å². The zero-order valence-electron chi connectivity index (χ0n) is 9.47. The molecule has 0 radical (unpaired) electrons. The standard InChI is InChI=1S/C11H12O5S/c1-7-5-10(12)9-4-3-8(6-11(9)15-7)16-17(2,13)14/h3-4,6-7H,5H2,1-2H3. The van der Waals surface area contributed by atoms with Gasteiger partial charge in [0.1, 0.15) is 17.6 Å². The largest absolute Gasteiger partial charge is 0.489 e. The van der Waals surface area contributed by atoms with Gasteiger partial charge in [-0.2, -0.15) is 8.42 Å². The van der Waals surface area contributed by atoms with E-state index in [-0.39, 0.29) is 17.6 Å². The van der Waals surface area contributed by atoms with Gasteiger partial charge in [0.15, 0.2) is 5.78 Å². The number of benzene rings is 1. The molecule has 1 aromatic carbocycles. The maximum atomic E-state index is 11.7. The van der Waals surface area contributed by atoms with Gasteiger partial charge in [-0.05, 0) is 19.1 Å². The third kappa shape index (κ3) is 2.76. The summed E-state index contributed by atoms with van der Waals surface area (Å²) in [6.45, 7) is 1.78. The molecule has 1 heterocycles. The van der Waals surface area contributed by atoms with Crippen molar-refractivity contribution in [3.8, 4) is 11.5 Å². The minimum Gasteiger partial charge on any atom is -0.489 e. The van der Waals surface area contributed by atoms with Crippen molar-refractivity contribution in [2.75, 3.05) is 6.26 Å². The van der Waals surface area contributed by atoms with E-state index < -0.39 is 10.1 Å². The van der Waals surface area contributed by atoms with Crippen LogP contribution < -0.4 is 8.92 Å². The lowest BCUT2D eigenvalue weighted by atomic mass is 10.0. The molecular formula is C11H12O5S. The Morgan fingerprint density at radius 2 is 2.12 bits per heavy atom. The maximum Gasteiger partial charge on any atom is 0.306 e. The van der Waals surface area contributed by atoms with E-state index in [9.17, 15) is 13.2 Å². The molecule has 0 aromatic heterocycles. The van der Waals surface area contributed by atoms with E-state index >= 15 is 0 Å². The number of hydrogen-bond donors (Lipinski definition) is 0. The molecule has 92 valence electrons. The number of ether oxygens (including phenoxy) is 1. The molecule has 1 unspecified atom stereocenters. The Morgan fingerprint density at radius 1 is 1.41 bits per heavy atom. The monoisotopic (exact) mass is 256 g/mol. The Hall–Kier alpha value is -1.56. The quantitative estimate of drug-likeness (QED) is 0.748. The highest BCUT2D eigenvalue weighted by molar-refractivity contribution is 7.86. The molecule has 6 heteroatoms. The number of fused-ring (bicyclic) bond motifs is 1. The molecule has 0 fully saturated rings. The first kappa shape index (κ1) is 11.9. The van der Waals surface area contributed by atoms with Crippen molar-refractivity contribution in [2.24, 2.45) is 0 Å². The van der Waals surface area contributed by atoms with Gasteiger partial charge >= 0.3 is 10.1 Å². The Morgan fingerprint density at radius 3 is 2.76 bits per heavy atom. The van der Waals surface area contributed by atoms with Gasteiger partial charge in [-0.3, -0.25) is 4.79 Å². The number of carbonyl (C=O) groups excluding carboxylic acids is 1. The number of carbonyl (C=O) groups is 1. The van der Waals surface area contributed by atoms with Gasteiger partial charge in [0, 0.05) is 12.5 Å². The molecule has 1 aliphatic heterocycles. The molecule has 1 atom stereocenters. The van der Waals surface area contributed by atoms with E-state index in [2.05, 4.69) is 0 Å².